The van der Waals surface area contributed by atoms with Crippen LogP contribution in [0, 0.1) is 5.92 Å². The number of allylic oxidation sites excluding steroid dienone is 2. The van der Waals surface area contributed by atoms with Crippen molar-refractivity contribution < 1.29 is 23.9 Å². The molecule has 140 valence electrons. The van der Waals surface area contributed by atoms with Gasteiger partial charge in [-0.2, -0.15) is 0 Å². The quantitative estimate of drug-likeness (QED) is 0.465. The van der Waals surface area contributed by atoms with Gasteiger partial charge in [-0.1, -0.05) is 36.4 Å². The molecule has 3 rings (SSSR count). The fourth-order valence-corrected chi connectivity index (χ4v) is 3.45. The lowest BCUT2D eigenvalue weighted by Crippen LogP contribution is -2.29. The summed E-state index contributed by atoms with van der Waals surface area (Å²) in [5, 5.41) is 0. The van der Waals surface area contributed by atoms with Gasteiger partial charge in [0, 0.05) is 24.1 Å². The van der Waals surface area contributed by atoms with Gasteiger partial charge in [-0.15, -0.1) is 0 Å². The maximum Gasteiger partial charge on any atom is 0.337 e. The van der Waals surface area contributed by atoms with Crippen molar-refractivity contribution in [2.75, 3.05) is 13.7 Å². The van der Waals surface area contributed by atoms with Crippen LogP contribution in [-0.4, -0.2) is 36.4 Å². The van der Waals surface area contributed by atoms with Crippen molar-refractivity contribution >= 4 is 23.5 Å². The van der Waals surface area contributed by atoms with Gasteiger partial charge in [-0.05, 0) is 19.4 Å². The number of hydrogen-bond donors (Lipinski definition) is 0. The van der Waals surface area contributed by atoms with Crippen LogP contribution in [0.3, 0.4) is 0 Å². The van der Waals surface area contributed by atoms with Gasteiger partial charge >= 0.3 is 5.97 Å². The van der Waals surface area contributed by atoms with E-state index >= 15 is 0 Å². The van der Waals surface area contributed by atoms with Gasteiger partial charge in [0.25, 0.3) is 5.91 Å². The number of esters is 1. The summed E-state index contributed by atoms with van der Waals surface area (Å²) in [6.07, 6.45) is 3.69. The van der Waals surface area contributed by atoms with E-state index in [1.54, 1.807) is 12.2 Å². The predicted octanol–water partition coefficient (Wildman–Crippen LogP) is 2.83. The van der Waals surface area contributed by atoms with Crippen LogP contribution in [0.5, 0.6) is 0 Å². The number of carbonyl (C=O) groups is 3. The number of rotatable bonds is 4. The normalized spacial score (nSPS) is 20.5. The van der Waals surface area contributed by atoms with Gasteiger partial charge < -0.3 is 9.47 Å². The van der Waals surface area contributed by atoms with Gasteiger partial charge in [0.05, 0.1) is 24.9 Å². The number of methoxy groups -OCH3 is 1. The van der Waals surface area contributed by atoms with Crippen LogP contribution in [0.1, 0.15) is 25.8 Å². The molecular weight excluding hydrogens is 346 g/mol. The van der Waals surface area contributed by atoms with Crippen LogP contribution in [0.4, 0.5) is 0 Å². The van der Waals surface area contributed by atoms with E-state index in [0.29, 0.717) is 35.6 Å². The molecule has 27 heavy (non-hydrogen) atoms. The molecule has 1 aromatic carbocycles. The Morgan fingerprint density at radius 1 is 1.22 bits per heavy atom. The number of likely N-dealkylation sites (tertiary alicyclic amines) is 1. The minimum absolute atomic E-state index is 0.335. The molecule has 2 amide bonds. The van der Waals surface area contributed by atoms with Crippen molar-refractivity contribution in [3.63, 3.8) is 0 Å². The van der Waals surface area contributed by atoms with Crippen LogP contribution < -0.4 is 0 Å². The summed E-state index contributed by atoms with van der Waals surface area (Å²) < 4.78 is 10.6. The minimum Gasteiger partial charge on any atom is -0.493 e. The molecule has 1 fully saturated rings. The lowest BCUT2D eigenvalue weighted by Gasteiger charge is -2.20. The topological polar surface area (TPSA) is 72.9 Å². The molecular formula is C21H21NO5. The molecule has 1 aromatic rings. The number of benzene rings is 1. The first-order valence-corrected chi connectivity index (χ1v) is 8.77. The molecule has 0 aromatic heterocycles. The zero-order valence-corrected chi connectivity index (χ0v) is 15.5. The van der Waals surface area contributed by atoms with Crippen LogP contribution in [-0.2, 0) is 23.9 Å². The minimum atomic E-state index is -0.498. The lowest BCUT2D eigenvalue weighted by molar-refractivity contribution is -0.138. The summed E-state index contributed by atoms with van der Waals surface area (Å²) >= 11 is 0. The third-order valence-electron chi connectivity index (χ3n) is 4.58. The predicted molar refractivity (Wildman–Crippen MR) is 98.8 cm³/mol. The van der Waals surface area contributed by atoms with Crippen LogP contribution in [0.25, 0.3) is 5.76 Å². The Morgan fingerprint density at radius 3 is 2.52 bits per heavy atom. The van der Waals surface area contributed by atoms with E-state index in [4.69, 9.17) is 9.47 Å². The lowest BCUT2D eigenvalue weighted by atomic mass is 9.88. The molecule has 0 saturated carbocycles. The van der Waals surface area contributed by atoms with E-state index in [1.165, 1.54) is 14.0 Å². The van der Waals surface area contributed by atoms with Gasteiger partial charge in [0.2, 0.25) is 5.91 Å². The number of fused-ring (bicyclic) bond motifs is 1. The summed E-state index contributed by atoms with van der Waals surface area (Å²) in [6, 6.07) is 9.34. The van der Waals surface area contributed by atoms with Crippen molar-refractivity contribution in [3.05, 3.63) is 64.9 Å². The van der Waals surface area contributed by atoms with Gasteiger partial charge in [0.1, 0.15) is 5.76 Å². The molecule has 1 saturated heterocycles. The Labute approximate surface area is 157 Å². The van der Waals surface area contributed by atoms with E-state index in [0.717, 1.165) is 10.5 Å². The van der Waals surface area contributed by atoms with Crippen molar-refractivity contribution in [1.82, 2.24) is 4.90 Å². The molecule has 1 unspecified atom stereocenters. The highest BCUT2D eigenvalue weighted by atomic mass is 16.5. The molecule has 1 aliphatic carbocycles. The van der Waals surface area contributed by atoms with Crippen molar-refractivity contribution in [3.8, 4) is 0 Å². The van der Waals surface area contributed by atoms with Crippen LogP contribution in [0.2, 0.25) is 0 Å². The van der Waals surface area contributed by atoms with Crippen LogP contribution in [0.15, 0.2) is 59.3 Å². The van der Waals surface area contributed by atoms with Gasteiger partial charge in [0.15, 0.2) is 0 Å². The summed E-state index contributed by atoms with van der Waals surface area (Å²) in [7, 11) is 1.30. The van der Waals surface area contributed by atoms with Gasteiger partial charge in [-0.3, -0.25) is 14.5 Å². The number of hydrogen-bond acceptors (Lipinski definition) is 5. The number of ether oxygens (including phenoxy) is 2. The van der Waals surface area contributed by atoms with E-state index < -0.39 is 17.8 Å². The second-order valence-electron chi connectivity index (χ2n) is 6.21. The molecule has 0 radical (unpaired) electrons. The number of nitrogens with zero attached hydrogens (tertiary/aromatic N) is 1. The zero-order chi connectivity index (χ0) is 19.6. The monoisotopic (exact) mass is 367 g/mol. The molecule has 0 N–H and O–H groups in total. The first-order chi connectivity index (χ1) is 13.0. The molecule has 6 heteroatoms. The van der Waals surface area contributed by atoms with Crippen molar-refractivity contribution in [2.24, 2.45) is 5.92 Å². The second-order valence-corrected chi connectivity index (χ2v) is 6.21. The molecule has 6 nitrogen and oxygen atoms in total. The molecule has 1 atom stereocenters. The van der Waals surface area contributed by atoms with E-state index in [-0.39, 0.29) is 5.92 Å². The van der Waals surface area contributed by atoms with Crippen molar-refractivity contribution in [1.29, 1.82) is 0 Å². The third-order valence-corrected chi connectivity index (χ3v) is 4.58. The fraction of sp³-hybridized carbons (Fsp3) is 0.286. The molecule has 0 spiro atoms. The molecule has 1 aliphatic heterocycles. The summed E-state index contributed by atoms with van der Waals surface area (Å²) in [5.41, 5.74) is 2.03. The van der Waals surface area contributed by atoms with Crippen LogP contribution >= 0.6 is 0 Å². The summed E-state index contributed by atoms with van der Waals surface area (Å²) in [5.74, 6) is -1.19. The van der Waals surface area contributed by atoms with Gasteiger partial charge in [-0.25, -0.2) is 4.79 Å². The van der Waals surface area contributed by atoms with E-state index in [1.807, 2.05) is 37.3 Å². The summed E-state index contributed by atoms with van der Waals surface area (Å²) in [4.78, 5) is 38.3. The second kappa shape index (κ2) is 7.61. The third kappa shape index (κ3) is 3.30. The highest BCUT2D eigenvalue weighted by Crippen LogP contribution is 2.43. The maximum atomic E-state index is 13.1. The number of imide groups is 1. The summed E-state index contributed by atoms with van der Waals surface area (Å²) in [6.45, 7) is 3.56. The Hall–Kier alpha value is -3.15. The zero-order valence-electron chi connectivity index (χ0n) is 15.5. The average molecular weight is 367 g/mol. The largest absolute Gasteiger partial charge is 0.493 e. The first-order valence-electron chi connectivity index (χ1n) is 8.77. The standard InChI is InChI=1S/C21H21NO5/c1-4-27-19(14-8-6-5-7-9-14)18-16-11-10-15(21(25)26-3)12-17(16)22(13(2)23)20(18)24/h5-10,12,16H,4,11H2,1-3H3/b19-18+. The number of carbonyl (C=O) groups excluding carboxylic acids is 3. The molecule has 0 bridgehead atoms. The number of amides is 2. The average Bonchev–Trinajstić information content (AvgIpc) is 2.97. The Kier molecular flexibility index (Phi) is 5.26. The Morgan fingerprint density at radius 2 is 1.93 bits per heavy atom. The highest BCUT2D eigenvalue weighted by Gasteiger charge is 2.45. The molecule has 1 heterocycles. The fourth-order valence-electron chi connectivity index (χ4n) is 3.45. The SMILES string of the molecule is CCO/C(=C1/C(=O)N(C(C)=O)C2=CC(C(=O)OC)=CCC21)c1ccccc1. The van der Waals surface area contributed by atoms with E-state index in [9.17, 15) is 14.4 Å². The smallest absolute Gasteiger partial charge is 0.337 e. The van der Waals surface area contributed by atoms with E-state index in [2.05, 4.69) is 0 Å². The molecule has 2 aliphatic rings. The Balaban J connectivity index is 2.17. The first kappa shape index (κ1) is 18.6. The Bertz CT molecular complexity index is 879. The highest BCUT2D eigenvalue weighted by molar-refractivity contribution is 6.13. The van der Waals surface area contributed by atoms with Crippen molar-refractivity contribution in [2.45, 2.75) is 20.3 Å². The maximum absolute atomic E-state index is 13.1.